The van der Waals surface area contributed by atoms with Crippen LogP contribution in [0.25, 0.3) is 0 Å². The minimum absolute atomic E-state index is 0.0990. The summed E-state index contributed by atoms with van der Waals surface area (Å²) in [5.74, 6) is 2.45. The van der Waals surface area contributed by atoms with Crippen LogP contribution in [0.15, 0.2) is 24.5 Å². The van der Waals surface area contributed by atoms with E-state index in [9.17, 15) is 4.79 Å². The van der Waals surface area contributed by atoms with E-state index in [0.29, 0.717) is 23.3 Å². The van der Waals surface area contributed by atoms with Crippen molar-refractivity contribution >= 4 is 29.2 Å². The zero-order valence-corrected chi connectivity index (χ0v) is 20.3. The number of pyridine rings is 1. The van der Waals surface area contributed by atoms with Crippen molar-refractivity contribution in [1.29, 1.82) is 0 Å². The molecule has 1 saturated heterocycles. The SMILES string of the molecule is O=C1N(C2CCCC2)c2nc(Nc3ccc(N4CCNCC4)cn3)ncc2OC12CCCCCC2. The van der Waals surface area contributed by atoms with Crippen molar-refractivity contribution < 1.29 is 9.53 Å². The third-order valence-electron chi connectivity index (χ3n) is 7.95. The van der Waals surface area contributed by atoms with Crippen molar-refractivity contribution in [2.24, 2.45) is 0 Å². The molecule has 9 heteroatoms. The third kappa shape index (κ3) is 4.42. The summed E-state index contributed by atoms with van der Waals surface area (Å²) in [7, 11) is 0. The van der Waals surface area contributed by atoms with Gasteiger partial charge in [-0.25, -0.2) is 9.97 Å². The van der Waals surface area contributed by atoms with E-state index in [0.717, 1.165) is 96.1 Å². The number of anilines is 4. The summed E-state index contributed by atoms with van der Waals surface area (Å²) in [6, 6.07) is 4.22. The Kier molecular flexibility index (Phi) is 6.18. The highest BCUT2D eigenvalue weighted by molar-refractivity contribution is 6.02. The second-order valence-electron chi connectivity index (χ2n) is 10.3. The van der Waals surface area contributed by atoms with E-state index in [-0.39, 0.29) is 11.9 Å². The second-order valence-corrected chi connectivity index (χ2v) is 10.3. The molecule has 0 unspecified atom stereocenters. The van der Waals surface area contributed by atoms with Crippen LogP contribution in [-0.4, -0.2) is 58.7 Å². The molecule has 2 N–H and O–H groups in total. The first kappa shape index (κ1) is 22.5. The number of rotatable bonds is 4. The molecule has 9 nitrogen and oxygen atoms in total. The molecule has 4 heterocycles. The van der Waals surface area contributed by atoms with Crippen LogP contribution in [0.2, 0.25) is 0 Å². The van der Waals surface area contributed by atoms with Gasteiger partial charge >= 0.3 is 0 Å². The van der Waals surface area contributed by atoms with E-state index < -0.39 is 5.60 Å². The number of hydrogen-bond donors (Lipinski definition) is 2. The molecule has 6 rings (SSSR count). The topological polar surface area (TPSA) is 95.5 Å². The molecular weight excluding hydrogens is 442 g/mol. The molecule has 3 fully saturated rings. The highest BCUT2D eigenvalue weighted by Crippen LogP contribution is 2.45. The first-order valence-corrected chi connectivity index (χ1v) is 13.3. The van der Waals surface area contributed by atoms with Gasteiger partial charge in [-0.05, 0) is 50.7 Å². The molecule has 2 aromatic heterocycles. The fourth-order valence-corrected chi connectivity index (χ4v) is 6.04. The van der Waals surface area contributed by atoms with Gasteiger partial charge in [-0.2, -0.15) is 4.98 Å². The number of carbonyl (C=O) groups is 1. The summed E-state index contributed by atoms with van der Waals surface area (Å²) in [4.78, 5) is 32.2. The lowest BCUT2D eigenvalue weighted by molar-refractivity contribution is -0.137. The fourth-order valence-electron chi connectivity index (χ4n) is 6.04. The summed E-state index contributed by atoms with van der Waals surface area (Å²) >= 11 is 0. The van der Waals surface area contributed by atoms with Gasteiger partial charge in [0.1, 0.15) is 5.82 Å². The van der Waals surface area contributed by atoms with Gasteiger partial charge in [-0.1, -0.05) is 25.7 Å². The molecule has 186 valence electrons. The monoisotopic (exact) mass is 477 g/mol. The summed E-state index contributed by atoms with van der Waals surface area (Å²) in [5.41, 5.74) is 0.356. The van der Waals surface area contributed by atoms with Crippen LogP contribution >= 0.6 is 0 Å². The van der Waals surface area contributed by atoms with Crippen LogP contribution in [0.5, 0.6) is 5.75 Å². The van der Waals surface area contributed by atoms with E-state index in [1.165, 1.54) is 0 Å². The van der Waals surface area contributed by atoms with E-state index in [4.69, 9.17) is 9.72 Å². The number of hydrogen-bond acceptors (Lipinski definition) is 8. The maximum absolute atomic E-state index is 14.0. The Bertz CT molecular complexity index is 1040. The molecular formula is C26H35N7O2. The van der Waals surface area contributed by atoms with Crippen LogP contribution in [0.1, 0.15) is 64.2 Å². The molecule has 0 radical (unpaired) electrons. The summed E-state index contributed by atoms with van der Waals surface area (Å²) < 4.78 is 6.46. The predicted molar refractivity (Wildman–Crippen MR) is 135 cm³/mol. The van der Waals surface area contributed by atoms with Gasteiger partial charge in [0.25, 0.3) is 5.91 Å². The van der Waals surface area contributed by atoms with Crippen LogP contribution < -0.4 is 25.2 Å². The van der Waals surface area contributed by atoms with Gasteiger partial charge in [0.05, 0.1) is 18.1 Å². The van der Waals surface area contributed by atoms with Crippen LogP contribution in [0.4, 0.5) is 23.3 Å². The summed E-state index contributed by atoms with van der Waals surface area (Å²) in [5, 5.41) is 6.61. The van der Waals surface area contributed by atoms with Crippen molar-refractivity contribution in [3.63, 3.8) is 0 Å². The molecule has 0 bridgehead atoms. The van der Waals surface area contributed by atoms with Crippen LogP contribution in [0.3, 0.4) is 0 Å². The highest BCUT2D eigenvalue weighted by atomic mass is 16.5. The maximum Gasteiger partial charge on any atom is 0.272 e. The van der Waals surface area contributed by atoms with E-state index in [1.807, 2.05) is 17.2 Å². The Hall–Kier alpha value is -2.94. The Morgan fingerprint density at radius 2 is 1.74 bits per heavy atom. The molecule has 2 saturated carbocycles. The first-order chi connectivity index (χ1) is 17.2. The van der Waals surface area contributed by atoms with Crippen LogP contribution in [0, 0.1) is 0 Å². The quantitative estimate of drug-likeness (QED) is 0.687. The van der Waals surface area contributed by atoms with Gasteiger partial charge in [-0.15, -0.1) is 0 Å². The smallest absolute Gasteiger partial charge is 0.272 e. The lowest BCUT2D eigenvalue weighted by atomic mass is 9.90. The summed E-state index contributed by atoms with van der Waals surface area (Å²) in [6.45, 7) is 3.94. The minimum atomic E-state index is -0.758. The molecule has 4 aliphatic rings. The largest absolute Gasteiger partial charge is 0.472 e. The van der Waals surface area contributed by atoms with E-state index >= 15 is 0 Å². The third-order valence-corrected chi connectivity index (χ3v) is 7.95. The molecule has 1 amide bonds. The fraction of sp³-hybridized carbons (Fsp3) is 0.615. The number of nitrogens with one attached hydrogen (secondary N) is 2. The lowest BCUT2D eigenvalue weighted by Gasteiger charge is -2.43. The average molecular weight is 478 g/mol. The van der Waals surface area contributed by atoms with Crippen molar-refractivity contribution in [1.82, 2.24) is 20.3 Å². The Morgan fingerprint density at radius 1 is 0.971 bits per heavy atom. The average Bonchev–Trinajstić information content (AvgIpc) is 3.32. The van der Waals surface area contributed by atoms with Gasteiger partial charge in [-0.3, -0.25) is 9.69 Å². The standard InChI is InChI=1S/C26H35N7O2/c34-24-26(11-5-1-2-6-12-26)35-21-18-29-25(31-23(21)33(24)19-7-3-4-8-19)30-22-10-9-20(17-28-22)32-15-13-27-14-16-32/h9-10,17-19,27H,1-8,11-16H2,(H,28,29,30,31). The number of carbonyl (C=O) groups excluding carboxylic acids is 1. The predicted octanol–water partition coefficient (Wildman–Crippen LogP) is 3.79. The Labute approximate surface area is 206 Å². The molecule has 2 aliphatic heterocycles. The molecule has 2 aliphatic carbocycles. The van der Waals surface area contributed by atoms with Gasteiger partial charge < -0.3 is 20.3 Å². The summed E-state index contributed by atoms with van der Waals surface area (Å²) in [6.07, 6.45) is 13.9. The van der Waals surface area contributed by atoms with Crippen molar-refractivity contribution in [3.05, 3.63) is 24.5 Å². The highest BCUT2D eigenvalue weighted by Gasteiger charge is 2.51. The zero-order chi connectivity index (χ0) is 23.7. The molecule has 2 aromatic rings. The molecule has 1 spiro atoms. The van der Waals surface area contributed by atoms with Gasteiger partial charge in [0, 0.05) is 32.2 Å². The normalized spacial score (nSPS) is 22.6. The molecule has 0 atom stereocenters. The van der Waals surface area contributed by atoms with Crippen molar-refractivity contribution in [2.75, 3.05) is 41.3 Å². The maximum atomic E-state index is 14.0. The number of amides is 1. The van der Waals surface area contributed by atoms with E-state index in [2.05, 4.69) is 31.6 Å². The molecule has 35 heavy (non-hydrogen) atoms. The van der Waals surface area contributed by atoms with Crippen LogP contribution in [-0.2, 0) is 4.79 Å². The Morgan fingerprint density at radius 3 is 2.46 bits per heavy atom. The number of ether oxygens (including phenoxy) is 1. The second kappa shape index (κ2) is 9.60. The van der Waals surface area contributed by atoms with Crippen molar-refractivity contribution in [3.8, 4) is 5.75 Å². The zero-order valence-electron chi connectivity index (χ0n) is 20.3. The van der Waals surface area contributed by atoms with Gasteiger partial charge in [0.15, 0.2) is 17.2 Å². The van der Waals surface area contributed by atoms with Crippen molar-refractivity contribution in [2.45, 2.75) is 75.9 Å². The van der Waals surface area contributed by atoms with E-state index in [1.54, 1.807) is 6.20 Å². The minimum Gasteiger partial charge on any atom is -0.472 e. The number of nitrogens with zero attached hydrogens (tertiary/aromatic N) is 5. The number of aromatic nitrogens is 3. The number of piperazine rings is 1. The lowest BCUT2D eigenvalue weighted by Crippen LogP contribution is -2.58. The molecule has 0 aromatic carbocycles. The number of fused-ring (bicyclic) bond motifs is 1. The first-order valence-electron chi connectivity index (χ1n) is 13.3. The Balaban J connectivity index is 1.27. The van der Waals surface area contributed by atoms with Gasteiger partial charge in [0.2, 0.25) is 5.95 Å².